The molecule has 1 fully saturated rings. The topological polar surface area (TPSA) is 99.8 Å². The molecule has 1 unspecified atom stereocenters. The summed E-state index contributed by atoms with van der Waals surface area (Å²) in [6.45, 7) is 3.92. The number of hydrogen-bond donors (Lipinski definition) is 1. The van der Waals surface area contributed by atoms with E-state index in [9.17, 15) is 18.0 Å². The number of para-hydroxylation sites is 2. The Morgan fingerprint density at radius 2 is 1.49 bits per heavy atom. The molecule has 43 heavy (non-hydrogen) atoms. The van der Waals surface area contributed by atoms with E-state index < -0.39 is 27.3 Å². The smallest absolute Gasteiger partial charge is 0.332 e. The molecule has 0 aliphatic carbocycles. The van der Waals surface area contributed by atoms with Gasteiger partial charge in [-0.1, -0.05) is 54.1 Å². The van der Waals surface area contributed by atoms with Gasteiger partial charge in [0, 0.05) is 28.9 Å². The average molecular weight is 592 g/mol. The van der Waals surface area contributed by atoms with Crippen molar-refractivity contribution in [3.63, 3.8) is 0 Å². The minimum absolute atomic E-state index is 0.0808. The highest BCUT2D eigenvalue weighted by Gasteiger charge is 2.60. The number of hydrogen-bond acceptors (Lipinski definition) is 5. The maximum absolute atomic E-state index is 14.3. The zero-order chi connectivity index (χ0) is 30.1. The molecule has 3 heterocycles. The number of aromatic amines is 1. The summed E-state index contributed by atoms with van der Waals surface area (Å²) in [5.41, 5.74) is 3.38. The predicted molar refractivity (Wildman–Crippen MR) is 163 cm³/mol. The number of fused-ring (bicyclic) bond motifs is 5. The number of H-pyrrole nitrogens is 1. The largest absolute Gasteiger partial charge is 0.496 e. The van der Waals surface area contributed by atoms with E-state index in [0.29, 0.717) is 17.1 Å². The summed E-state index contributed by atoms with van der Waals surface area (Å²) in [4.78, 5) is 34.9. The van der Waals surface area contributed by atoms with E-state index in [0.717, 1.165) is 32.5 Å². The van der Waals surface area contributed by atoms with Gasteiger partial charge in [0.2, 0.25) is 9.84 Å². The van der Waals surface area contributed by atoms with Gasteiger partial charge in [0.1, 0.15) is 5.75 Å². The maximum Gasteiger partial charge on any atom is 0.332 e. The fourth-order valence-corrected chi connectivity index (χ4v) is 7.74. The molecule has 7 rings (SSSR count). The molecule has 5 aromatic rings. The molecule has 2 atom stereocenters. The van der Waals surface area contributed by atoms with Crippen LogP contribution >= 0.6 is 0 Å². The number of carbonyl (C=O) groups excluding carboxylic acids is 2. The summed E-state index contributed by atoms with van der Waals surface area (Å²) < 4.78 is 32.2. The molecule has 9 heteroatoms. The second-order valence-corrected chi connectivity index (χ2v) is 13.1. The lowest BCUT2D eigenvalue weighted by molar-refractivity contribution is -0.125. The third kappa shape index (κ3) is 3.84. The van der Waals surface area contributed by atoms with Crippen molar-refractivity contribution in [2.75, 3.05) is 18.6 Å². The van der Waals surface area contributed by atoms with Crippen molar-refractivity contribution >= 4 is 38.4 Å². The molecular formula is C34H29N3O5S. The molecule has 0 saturated carbocycles. The number of benzene rings is 4. The average Bonchev–Trinajstić information content (AvgIpc) is 3.50. The molecule has 1 saturated heterocycles. The van der Waals surface area contributed by atoms with Crippen LogP contribution < -0.4 is 9.64 Å². The van der Waals surface area contributed by atoms with Crippen molar-refractivity contribution in [3.8, 4) is 5.75 Å². The number of sulfone groups is 1. The molecule has 3 amide bonds. The molecule has 2 aliphatic heterocycles. The number of methoxy groups -OCH3 is 1. The first kappa shape index (κ1) is 27.0. The number of carbonyl (C=O) groups is 2. The Kier molecular flexibility index (Phi) is 6.00. The van der Waals surface area contributed by atoms with Crippen molar-refractivity contribution < 1.29 is 22.7 Å². The highest BCUT2D eigenvalue weighted by molar-refractivity contribution is 7.91. The number of nitrogens with one attached hydrogen (secondary N) is 1. The van der Waals surface area contributed by atoms with Crippen LogP contribution in [0.2, 0.25) is 0 Å². The summed E-state index contributed by atoms with van der Waals surface area (Å²) in [5, 5.41) is 0.985. The van der Waals surface area contributed by atoms with Gasteiger partial charge in [-0.25, -0.2) is 18.1 Å². The Bertz CT molecular complexity index is 2030. The minimum atomic E-state index is -3.77. The molecule has 1 aromatic heterocycles. The zero-order valence-electron chi connectivity index (χ0n) is 23.9. The van der Waals surface area contributed by atoms with Crippen LogP contribution in [-0.4, -0.2) is 43.9 Å². The number of aromatic nitrogens is 1. The molecule has 0 radical (unpaired) electrons. The van der Waals surface area contributed by atoms with Crippen LogP contribution in [0.15, 0.2) is 107 Å². The van der Waals surface area contributed by atoms with Gasteiger partial charge in [-0.2, -0.15) is 0 Å². The Balaban J connectivity index is 1.32. The van der Waals surface area contributed by atoms with Gasteiger partial charge in [0.25, 0.3) is 5.91 Å². The van der Waals surface area contributed by atoms with Crippen molar-refractivity contribution in [1.29, 1.82) is 0 Å². The quantitative estimate of drug-likeness (QED) is 0.247. The van der Waals surface area contributed by atoms with Gasteiger partial charge in [0.05, 0.1) is 28.3 Å². The summed E-state index contributed by atoms with van der Waals surface area (Å²) >= 11 is 0. The first-order valence-electron chi connectivity index (χ1n) is 14.0. The zero-order valence-corrected chi connectivity index (χ0v) is 24.7. The molecule has 4 aromatic carbocycles. The number of aryl methyl sites for hydroxylation is 1. The van der Waals surface area contributed by atoms with Crippen LogP contribution in [0.1, 0.15) is 35.2 Å². The number of rotatable bonds is 5. The number of ether oxygens (including phenoxy) is 1. The number of anilines is 1. The van der Waals surface area contributed by atoms with E-state index in [-0.39, 0.29) is 22.3 Å². The molecule has 2 aliphatic rings. The summed E-state index contributed by atoms with van der Waals surface area (Å²) in [7, 11) is -2.15. The van der Waals surface area contributed by atoms with E-state index in [4.69, 9.17) is 4.74 Å². The van der Waals surface area contributed by atoms with E-state index >= 15 is 0 Å². The molecule has 8 nitrogen and oxygen atoms in total. The van der Waals surface area contributed by atoms with Crippen molar-refractivity contribution in [2.45, 2.75) is 35.1 Å². The van der Waals surface area contributed by atoms with Crippen molar-refractivity contribution in [3.05, 3.63) is 119 Å². The lowest BCUT2D eigenvalue weighted by Crippen LogP contribution is -2.50. The van der Waals surface area contributed by atoms with Crippen LogP contribution in [0.5, 0.6) is 5.75 Å². The Morgan fingerprint density at radius 1 is 0.860 bits per heavy atom. The first-order valence-corrected chi connectivity index (χ1v) is 15.5. The van der Waals surface area contributed by atoms with Gasteiger partial charge < -0.3 is 14.6 Å². The number of nitrogens with zero attached hydrogens (tertiary/aromatic N) is 2. The summed E-state index contributed by atoms with van der Waals surface area (Å²) in [6.07, 6.45) is 0. The van der Waals surface area contributed by atoms with Crippen molar-refractivity contribution in [1.82, 2.24) is 9.88 Å². The van der Waals surface area contributed by atoms with E-state index in [1.807, 2.05) is 55.5 Å². The van der Waals surface area contributed by atoms with Crippen LogP contribution in [0.3, 0.4) is 0 Å². The predicted octanol–water partition coefficient (Wildman–Crippen LogP) is 6.15. The number of imide groups is 1. The Hall–Kier alpha value is -4.89. The van der Waals surface area contributed by atoms with Crippen LogP contribution in [0.25, 0.3) is 10.9 Å². The fourth-order valence-electron chi connectivity index (χ4n) is 6.48. The number of urea groups is 1. The summed E-state index contributed by atoms with van der Waals surface area (Å²) in [6, 6.07) is 27.7. The molecule has 216 valence electrons. The third-order valence-electron chi connectivity index (χ3n) is 8.78. The molecule has 0 spiro atoms. The third-order valence-corrected chi connectivity index (χ3v) is 10.6. The van der Waals surface area contributed by atoms with Gasteiger partial charge >= 0.3 is 6.03 Å². The highest BCUT2D eigenvalue weighted by Crippen LogP contribution is 2.51. The molecular weight excluding hydrogens is 562 g/mol. The Morgan fingerprint density at radius 3 is 2.19 bits per heavy atom. The fraction of sp³-hybridized carbons (Fsp3) is 0.176. The Labute approximate surface area is 249 Å². The second-order valence-electron chi connectivity index (χ2n) is 11.2. The van der Waals surface area contributed by atoms with Crippen LogP contribution in [0.4, 0.5) is 10.5 Å². The molecule has 0 bridgehead atoms. The van der Waals surface area contributed by atoms with Gasteiger partial charge in [-0.05, 0) is 67.9 Å². The van der Waals surface area contributed by atoms with Crippen LogP contribution in [-0.2, 0) is 20.2 Å². The van der Waals surface area contributed by atoms with E-state index in [1.54, 1.807) is 43.2 Å². The van der Waals surface area contributed by atoms with Gasteiger partial charge in [-0.3, -0.25) is 4.79 Å². The maximum atomic E-state index is 14.3. The second kappa shape index (κ2) is 9.57. The number of amides is 3. The normalized spacial score (nSPS) is 19.9. The SMILES string of the molecule is COc1ccccc1C1CN2C(=O)N(c3ccc(S(=O)(=O)c4ccc(C)cc4)cc3)C(=O)[C@]2(C)c2[nH]c3ccccc3c21. The first-order chi connectivity index (χ1) is 20.7. The minimum Gasteiger partial charge on any atom is -0.496 e. The summed E-state index contributed by atoms with van der Waals surface area (Å²) in [5.74, 6) is 0.0413. The lowest BCUT2D eigenvalue weighted by Gasteiger charge is -2.40. The van der Waals surface area contributed by atoms with Crippen molar-refractivity contribution in [2.24, 2.45) is 0 Å². The van der Waals surface area contributed by atoms with Gasteiger partial charge in [0.15, 0.2) is 5.54 Å². The van der Waals surface area contributed by atoms with Gasteiger partial charge in [-0.15, -0.1) is 0 Å². The molecule has 1 N–H and O–H groups in total. The van der Waals surface area contributed by atoms with Crippen LogP contribution in [0, 0.1) is 6.92 Å². The van der Waals surface area contributed by atoms with E-state index in [1.165, 1.54) is 24.3 Å². The standard InChI is InChI=1S/C34H29N3O5S/c1-21-12-16-23(17-13-21)43(40,41)24-18-14-22(15-19-24)37-32(38)34(2)31-30(26-9-4-6-10-28(26)35-31)27(20-36(34)33(37)39)25-8-5-7-11-29(25)42-3/h4-19,27,35H,20H2,1-3H3/t27?,34-/m0/s1. The lowest BCUT2D eigenvalue weighted by atomic mass is 9.78. The highest BCUT2D eigenvalue weighted by atomic mass is 32.2. The monoisotopic (exact) mass is 591 g/mol. The van der Waals surface area contributed by atoms with E-state index in [2.05, 4.69) is 4.98 Å².